The zero-order valence-corrected chi connectivity index (χ0v) is 18.5. The Hall–Kier alpha value is -2.46. The van der Waals surface area contributed by atoms with Gasteiger partial charge >= 0.3 is 16.6 Å². The summed E-state index contributed by atoms with van der Waals surface area (Å²) in [4.78, 5) is 0. The summed E-state index contributed by atoms with van der Waals surface area (Å²) in [5.41, 5.74) is 0.356. The Bertz CT molecular complexity index is 1140. The van der Waals surface area contributed by atoms with Crippen LogP contribution in [0.4, 0.5) is 13.2 Å². The van der Waals surface area contributed by atoms with Crippen molar-refractivity contribution in [2.45, 2.75) is 37.9 Å². The van der Waals surface area contributed by atoms with Gasteiger partial charge in [-0.15, -0.1) is 0 Å². The zero-order chi connectivity index (χ0) is 24.0. The number of hydrogen-bond donors (Lipinski definition) is 3. The minimum atomic E-state index is -4.67. The van der Waals surface area contributed by atoms with Gasteiger partial charge in [0.2, 0.25) is 0 Å². The molecule has 0 radical (unpaired) electrons. The fraction of sp³-hybridized carbons (Fsp3) is 0.304. The molecule has 0 amide bonds. The molecule has 1 unspecified atom stereocenters. The number of benzene rings is 3. The molecule has 0 aliphatic rings. The molecule has 3 N–H and O–H groups in total. The lowest BCUT2D eigenvalue weighted by molar-refractivity contribution is -0.137. The van der Waals surface area contributed by atoms with Gasteiger partial charge in [-0.05, 0) is 47.5 Å². The number of rotatable bonds is 6. The van der Waals surface area contributed by atoms with E-state index in [0.29, 0.717) is 5.56 Å². The molecule has 0 spiro atoms. The SMILES string of the molecule is CCCCC(NC)(c1cccc(C(F)(F)F)c1)c1cccc2ccccc12.O=S(=O)(O)O. The second-order valence-corrected chi connectivity index (χ2v) is 8.21. The van der Waals surface area contributed by atoms with Gasteiger partial charge in [0.25, 0.3) is 0 Å². The molecule has 0 aliphatic heterocycles. The van der Waals surface area contributed by atoms with Crippen LogP contribution in [0.5, 0.6) is 0 Å². The predicted octanol–water partition coefficient (Wildman–Crippen LogP) is 5.86. The molecular formula is C23H26F3NO4S. The van der Waals surface area contributed by atoms with Crippen molar-refractivity contribution in [3.05, 3.63) is 83.4 Å². The van der Waals surface area contributed by atoms with E-state index >= 15 is 0 Å². The first-order valence-corrected chi connectivity index (χ1v) is 11.4. The first-order chi connectivity index (χ1) is 14.9. The fourth-order valence-electron chi connectivity index (χ4n) is 3.84. The number of fused-ring (bicyclic) bond motifs is 1. The minimum Gasteiger partial charge on any atom is -0.307 e. The van der Waals surface area contributed by atoms with Crippen LogP contribution in [0.2, 0.25) is 0 Å². The van der Waals surface area contributed by atoms with Crippen molar-refractivity contribution in [1.29, 1.82) is 0 Å². The van der Waals surface area contributed by atoms with Gasteiger partial charge in [0.15, 0.2) is 0 Å². The Morgan fingerprint density at radius 2 is 1.47 bits per heavy atom. The van der Waals surface area contributed by atoms with E-state index in [0.717, 1.165) is 41.7 Å². The van der Waals surface area contributed by atoms with Gasteiger partial charge in [-0.2, -0.15) is 21.6 Å². The fourth-order valence-corrected chi connectivity index (χ4v) is 3.84. The molecule has 0 fully saturated rings. The molecule has 5 nitrogen and oxygen atoms in total. The largest absolute Gasteiger partial charge is 0.416 e. The maximum atomic E-state index is 13.3. The van der Waals surface area contributed by atoms with E-state index < -0.39 is 27.7 Å². The molecule has 0 aliphatic carbocycles. The zero-order valence-electron chi connectivity index (χ0n) is 17.7. The molecule has 0 bridgehead atoms. The topological polar surface area (TPSA) is 86.6 Å². The second-order valence-electron chi connectivity index (χ2n) is 7.31. The molecule has 3 rings (SSSR count). The molecule has 0 saturated carbocycles. The molecule has 0 saturated heterocycles. The van der Waals surface area contributed by atoms with Crippen molar-refractivity contribution in [2.75, 3.05) is 7.05 Å². The van der Waals surface area contributed by atoms with Crippen LogP contribution < -0.4 is 5.32 Å². The van der Waals surface area contributed by atoms with Gasteiger partial charge in [-0.25, -0.2) is 0 Å². The first-order valence-electron chi connectivity index (χ1n) is 9.97. The Balaban J connectivity index is 0.000000654. The van der Waals surface area contributed by atoms with Gasteiger partial charge < -0.3 is 5.32 Å². The van der Waals surface area contributed by atoms with Crippen molar-refractivity contribution in [3.8, 4) is 0 Å². The summed E-state index contributed by atoms with van der Waals surface area (Å²) in [5, 5.41) is 5.53. The first kappa shape index (κ1) is 25.8. The maximum absolute atomic E-state index is 13.3. The van der Waals surface area contributed by atoms with Gasteiger partial charge in [0, 0.05) is 0 Å². The minimum absolute atomic E-state index is 0.614. The van der Waals surface area contributed by atoms with Crippen LogP contribution in [-0.4, -0.2) is 24.6 Å². The summed E-state index contributed by atoms with van der Waals surface area (Å²) >= 11 is 0. The Kier molecular flexibility index (Phi) is 8.41. The number of unbranched alkanes of at least 4 members (excludes halogenated alkanes) is 1. The summed E-state index contributed by atoms with van der Waals surface area (Å²) in [6, 6.07) is 19.8. The van der Waals surface area contributed by atoms with Crippen molar-refractivity contribution in [2.24, 2.45) is 0 Å². The average molecular weight is 470 g/mol. The Morgan fingerprint density at radius 3 is 2.06 bits per heavy atom. The Morgan fingerprint density at radius 1 is 0.906 bits per heavy atom. The van der Waals surface area contributed by atoms with Crippen LogP contribution in [0.25, 0.3) is 10.8 Å². The third-order valence-electron chi connectivity index (χ3n) is 5.26. The highest BCUT2D eigenvalue weighted by atomic mass is 32.3. The van der Waals surface area contributed by atoms with Crippen LogP contribution in [0.3, 0.4) is 0 Å². The standard InChI is InChI=1S/C23H24F3N.H2O4S/c1-3-4-15-22(27-2,18-11-8-12-19(16-18)23(24,25)26)21-14-7-10-17-9-5-6-13-20(17)21;1-5(2,3)4/h5-14,16,27H,3-4,15H2,1-2H3;(H2,1,2,3,4). The number of nitrogens with one attached hydrogen (secondary N) is 1. The number of halogens is 3. The van der Waals surface area contributed by atoms with Crippen molar-refractivity contribution in [3.63, 3.8) is 0 Å². The normalized spacial score (nSPS) is 13.8. The summed E-state index contributed by atoms with van der Waals surface area (Å²) in [7, 11) is -2.84. The lowest BCUT2D eigenvalue weighted by atomic mass is 9.76. The van der Waals surface area contributed by atoms with Crippen LogP contribution in [0.1, 0.15) is 42.9 Å². The predicted molar refractivity (Wildman–Crippen MR) is 119 cm³/mol. The molecule has 0 aromatic heterocycles. The molecule has 9 heteroatoms. The van der Waals surface area contributed by atoms with Crippen molar-refractivity contribution >= 4 is 21.2 Å². The average Bonchev–Trinajstić information content (AvgIpc) is 2.73. The van der Waals surface area contributed by atoms with Crippen LogP contribution >= 0.6 is 0 Å². The lowest BCUT2D eigenvalue weighted by Gasteiger charge is -2.36. The molecule has 3 aromatic carbocycles. The highest BCUT2D eigenvalue weighted by Crippen LogP contribution is 2.40. The molecule has 174 valence electrons. The van der Waals surface area contributed by atoms with Crippen LogP contribution in [0.15, 0.2) is 66.7 Å². The van der Waals surface area contributed by atoms with E-state index in [-0.39, 0.29) is 0 Å². The van der Waals surface area contributed by atoms with Crippen LogP contribution in [0, 0.1) is 0 Å². The molecule has 32 heavy (non-hydrogen) atoms. The molecule has 3 aromatic rings. The van der Waals surface area contributed by atoms with E-state index in [2.05, 4.69) is 12.2 Å². The van der Waals surface area contributed by atoms with E-state index in [1.165, 1.54) is 12.1 Å². The van der Waals surface area contributed by atoms with Crippen LogP contribution in [-0.2, 0) is 22.1 Å². The smallest absolute Gasteiger partial charge is 0.307 e. The van der Waals surface area contributed by atoms with Gasteiger partial charge in [0.05, 0.1) is 11.1 Å². The maximum Gasteiger partial charge on any atom is 0.416 e. The second kappa shape index (κ2) is 10.4. The van der Waals surface area contributed by atoms with E-state index in [1.54, 1.807) is 6.07 Å². The van der Waals surface area contributed by atoms with E-state index in [1.807, 2.05) is 49.5 Å². The van der Waals surface area contributed by atoms with E-state index in [4.69, 9.17) is 17.5 Å². The van der Waals surface area contributed by atoms with Gasteiger partial charge in [-0.1, -0.05) is 74.4 Å². The summed E-state index contributed by atoms with van der Waals surface area (Å²) in [6.07, 6.45) is -1.78. The van der Waals surface area contributed by atoms with Gasteiger partial charge in [0.1, 0.15) is 0 Å². The Labute approximate surface area is 185 Å². The summed E-state index contributed by atoms with van der Waals surface area (Å²) in [6.45, 7) is 2.09. The highest BCUT2D eigenvalue weighted by Gasteiger charge is 2.36. The molecule has 0 heterocycles. The lowest BCUT2D eigenvalue weighted by Crippen LogP contribution is -2.41. The third-order valence-corrected chi connectivity index (χ3v) is 5.26. The highest BCUT2D eigenvalue weighted by molar-refractivity contribution is 7.79. The molecular weight excluding hydrogens is 443 g/mol. The van der Waals surface area contributed by atoms with Crippen molar-refractivity contribution < 1.29 is 30.7 Å². The monoisotopic (exact) mass is 469 g/mol. The number of hydrogen-bond acceptors (Lipinski definition) is 3. The summed E-state index contributed by atoms with van der Waals surface area (Å²) < 4.78 is 71.6. The van der Waals surface area contributed by atoms with Gasteiger partial charge in [-0.3, -0.25) is 9.11 Å². The third kappa shape index (κ3) is 6.52. The van der Waals surface area contributed by atoms with Crippen molar-refractivity contribution in [1.82, 2.24) is 5.32 Å². The quantitative estimate of drug-likeness (QED) is 0.394. The molecule has 1 atom stereocenters. The number of alkyl halides is 3. The summed E-state index contributed by atoms with van der Waals surface area (Å²) in [5.74, 6) is 0. The van der Waals surface area contributed by atoms with E-state index in [9.17, 15) is 13.2 Å².